The summed E-state index contributed by atoms with van der Waals surface area (Å²) in [6.07, 6.45) is 8.24. The van der Waals surface area contributed by atoms with Gasteiger partial charge >= 0.3 is 5.97 Å². The lowest BCUT2D eigenvalue weighted by Gasteiger charge is -2.39. The van der Waals surface area contributed by atoms with Crippen LogP contribution in [-0.4, -0.2) is 37.2 Å². The fourth-order valence-corrected chi connectivity index (χ4v) is 3.65. The van der Waals surface area contributed by atoms with Gasteiger partial charge in [-0.05, 0) is 37.5 Å². The second-order valence-electron chi connectivity index (χ2n) is 6.65. The molecule has 2 atom stereocenters. The number of aliphatic carboxylic acids is 1. The van der Waals surface area contributed by atoms with Gasteiger partial charge in [-0.1, -0.05) is 19.3 Å². The van der Waals surface area contributed by atoms with Crippen molar-refractivity contribution in [2.45, 2.75) is 51.4 Å². The van der Waals surface area contributed by atoms with E-state index in [2.05, 4.69) is 5.32 Å². The minimum Gasteiger partial charge on any atom is -0.481 e. The van der Waals surface area contributed by atoms with Crippen LogP contribution in [0.1, 0.15) is 51.4 Å². The molecule has 2 aliphatic rings. The minimum absolute atomic E-state index is 0.0731. The molecule has 1 amide bonds. The molecular weight excluding hydrogens is 270 g/mol. The highest BCUT2D eigenvalue weighted by Crippen LogP contribution is 2.39. The van der Waals surface area contributed by atoms with Crippen LogP contribution in [0.5, 0.6) is 0 Å². The quantitative estimate of drug-likeness (QED) is 0.755. The van der Waals surface area contributed by atoms with Crippen molar-refractivity contribution in [1.82, 2.24) is 5.32 Å². The van der Waals surface area contributed by atoms with Gasteiger partial charge in [0.15, 0.2) is 0 Å². The van der Waals surface area contributed by atoms with E-state index in [1.165, 1.54) is 19.3 Å². The number of carbonyl (C=O) groups is 2. The Morgan fingerprint density at radius 2 is 1.86 bits per heavy atom. The number of carboxylic acid groups (broad SMARTS) is 1. The van der Waals surface area contributed by atoms with Gasteiger partial charge in [-0.25, -0.2) is 0 Å². The molecule has 0 radical (unpaired) electrons. The van der Waals surface area contributed by atoms with Crippen molar-refractivity contribution in [3.8, 4) is 0 Å². The zero-order chi connectivity index (χ0) is 15.3. The van der Waals surface area contributed by atoms with E-state index in [9.17, 15) is 9.59 Å². The predicted octanol–water partition coefficient (Wildman–Crippen LogP) is 2.20. The van der Waals surface area contributed by atoms with Crippen LogP contribution in [-0.2, 0) is 14.3 Å². The monoisotopic (exact) mass is 297 g/mol. The van der Waals surface area contributed by atoms with Gasteiger partial charge < -0.3 is 15.2 Å². The van der Waals surface area contributed by atoms with E-state index in [0.717, 1.165) is 25.9 Å². The highest BCUT2D eigenvalue weighted by atomic mass is 16.5. The van der Waals surface area contributed by atoms with E-state index < -0.39 is 11.9 Å². The molecule has 120 valence electrons. The third kappa shape index (κ3) is 3.96. The third-order valence-corrected chi connectivity index (χ3v) is 5.32. The fraction of sp³-hybridized carbons (Fsp3) is 0.875. The van der Waals surface area contributed by atoms with Crippen molar-refractivity contribution < 1.29 is 19.4 Å². The zero-order valence-corrected chi connectivity index (χ0v) is 12.9. The SMILES string of the molecule is COCCC1(CNC(=O)C2CCC2C(=O)O)CCCCC1. The summed E-state index contributed by atoms with van der Waals surface area (Å²) < 4.78 is 5.21. The van der Waals surface area contributed by atoms with Gasteiger partial charge in [0.25, 0.3) is 0 Å². The lowest BCUT2D eigenvalue weighted by molar-refractivity contribution is -0.152. The molecule has 0 aromatic carbocycles. The Hall–Kier alpha value is -1.10. The van der Waals surface area contributed by atoms with Gasteiger partial charge in [-0.15, -0.1) is 0 Å². The van der Waals surface area contributed by atoms with Gasteiger partial charge in [0.05, 0.1) is 11.8 Å². The summed E-state index contributed by atoms with van der Waals surface area (Å²) in [7, 11) is 1.71. The number of nitrogens with one attached hydrogen (secondary N) is 1. The fourth-order valence-electron chi connectivity index (χ4n) is 3.65. The molecule has 5 nitrogen and oxygen atoms in total. The highest BCUT2D eigenvalue weighted by molar-refractivity contribution is 5.86. The topological polar surface area (TPSA) is 75.6 Å². The van der Waals surface area contributed by atoms with Crippen molar-refractivity contribution in [2.75, 3.05) is 20.3 Å². The number of ether oxygens (including phenoxy) is 1. The molecule has 0 saturated heterocycles. The molecule has 0 aliphatic heterocycles. The van der Waals surface area contributed by atoms with Crippen molar-refractivity contribution in [3.63, 3.8) is 0 Å². The first kappa shape index (κ1) is 16.3. The Labute approximate surface area is 126 Å². The molecule has 0 heterocycles. The molecule has 0 bridgehead atoms. The maximum Gasteiger partial charge on any atom is 0.307 e. The molecule has 2 aliphatic carbocycles. The summed E-state index contributed by atoms with van der Waals surface area (Å²) in [5.74, 6) is -1.72. The molecule has 2 saturated carbocycles. The summed E-state index contributed by atoms with van der Waals surface area (Å²) >= 11 is 0. The maximum atomic E-state index is 12.2. The van der Waals surface area contributed by atoms with Crippen LogP contribution in [0.25, 0.3) is 0 Å². The van der Waals surface area contributed by atoms with Crippen molar-refractivity contribution in [2.24, 2.45) is 17.3 Å². The molecule has 2 rings (SSSR count). The first-order valence-electron chi connectivity index (χ1n) is 8.07. The van der Waals surface area contributed by atoms with Crippen LogP contribution in [0.4, 0.5) is 0 Å². The van der Waals surface area contributed by atoms with Crippen LogP contribution >= 0.6 is 0 Å². The summed E-state index contributed by atoms with van der Waals surface area (Å²) in [5.41, 5.74) is 0.145. The number of hydrogen-bond acceptors (Lipinski definition) is 3. The van der Waals surface area contributed by atoms with Gasteiger partial charge in [0.2, 0.25) is 5.91 Å². The second-order valence-corrected chi connectivity index (χ2v) is 6.65. The summed E-state index contributed by atoms with van der Waals surface area (Å²) in [5, 5.41) is 12.1. The molecule has 5 heteroatoms. The molecule has 0 aromatic rings. The first-order valence-corrected chi connectivity index (χ1v) is 8.07. The number of hydrogen-bond donors (Lipinski definition) is 2. The summed E-state index contributed by atoms with van der Waals surface area (Å²) in [4.78, 5) is 23.2. The standard InChI is InChI=1S/C16H27NO4/c1-21-10-9-16(7-3-2-4-8-16)11-17-14(18)12-5-6-13(12)15(19)20/h12-13H,2-11H2,1H3,(H,17,18)(H,19,20). The van der Waals surface area contributed by atoms with E-state index in [1.807, 2.05) is 0 Å². The van der Waals surface area contributed by atoms with E-state index in [-0.39, 0.29) is 17.2 Å². The van der Waals surface area contributed by atoms with Crippen LogP contribution < -0.4 is 5.32 Å². The van der Waals surface area contributed by atoms with Crippen LogP contribution in [0.3, 0.4) is 0 Å². The Bertz CT molecular complexity index is 376. The molecule has 21 heavy (non-hydrogen) atoms. The zero-order valence-electron chi connectivity index (χ0n) is 12.9. The molecular formula is C16H27NO4. The normalized spacial score (nSPS) is 27.7. The summed E-state index contributed by atoms with van der Waals surface area (Å²) in [6, 6.07) is 0. The smallest absolute Gasteiger partial charge is 0.307 e. The van der Waals surface area contributed by atoms with E-state index >= 15 is 0 Å². The van der Waals surface area contributed by atoms with E-state index in [4.69, 9.17) is 9.84 Å². The Morgan fingerprint density at radius 1 is 1.19 bits per heavy atom. The number of amides is 1. The maximum absolute atomic E-state index is 12.2. The minimum atomic E-state index is -0.840. The second kappa shape index (κ2) is 7.25. The van der Waals surface area contributed by atoms with Crippen LogP contribution in [0.2, 0.25) is 0 Å². The lowest BCUT2D eigenvalue weighted by atomic mass is 9.71. The van der Waals surface area contributed by atoms with Crippen molar-refractivity contribution >= 4 is 11.9 Å². The molecule has 2 unspecified atom stereocenters. The third-order valence-electron chi connectivity index (χ3n) is 5.32. The molecule has 0 aromatic heterocycles. The van der Waals surface area contributed by atoms with Crippen molar-refractivity contribution in [1.29, 1.82) is 0 Å². The van der Waals surface area contributed by atoms with Gasteiger partial charge in [-0.3, -0.25) is 9.59 Å². The number of carbonyl (C=O) groups excluding carboxylic acids is 1. The first-order chi connectivity index (χ1) is 10.1. The van der Waals surface area contributed by atoms with Crippen molar-refractivity contribution in [3.05, 3.63) is 0 Å². The molecule has 2 N–H and O–H groups in total. The van der Waals surface area contributed by atoms with Crippen LogP contribution in [0.15, 0.2) is 0 Å². The average molecular weight is 297 g/mol. The Balaban J connectivity index is 1.86. The molecule has 0 spiro atoms. The Kier molecular flexibility index (Phi) is 5.62. The van der Waals surface area contributed by atoms with E-state index in [1.54, 1.807) is 7.11 Å². The van der Waals surface area contributed by atoms with Gasteiger partial charge in [-0.2, -0.15) is 0 Å². The van der Waals surface area contributed by atoms with Gasteiger partial charge in [0, 0.05) is 20.3 Å². The highest BCUT2D eigenvalue weighted by Gasteiger charge is 2.42. The number of methoxy groups -OCH3 is 1. The predicted molar refractivity (Wildman–Crippen MR) is 78.9 cm³/mol. The summed E-state index contributed by atoms with van der Waals surface area (Å²) in [6.45, 7) is 1.38. The van der Waals surface area contributed by atoms with Gasteiger partial charge in [0.1, 0.15) is 0 Å². The number of carboxylic acids is 1. The van der Waals surface area contributed by atoms with E-state index in [0.29, 0.717) is 19.4 Å². The number of rotatable bonds is 7. The Morgan fingerprint density at radius 3 is 2.38 bits per heavy atom. The molecule has 2 fully saturated rings. The lowest BCUT2D eigenvalue weighted by Crippen LogP contribution is -2.47. The largest absolute Gasteiger partial charge is 0.481 e. The van der Waals surface area contributed by atoms with Crippen LogP contribution in [0, 0.1) is 17.3 Å². The average Bonchev–Trinajstić information content (AvgIpc) is 2.42.